The SMILES string of the molecule is Cc1ccc([C@@H](CNC(=O)c2ccc(Br)o2)N2CCCCCC2)cc1. The minimum absolute atomic E-state index is 0.169. The number of furan rings is 1. The minimum atomic E-state index is -0.169. The molecule has 1 atom stereocenters. The number of nitrogens with zero attached hydrogens (tertiary/aromatic N) is 1. The van der Waals surface area contributed by atoms with E-state index in [9.17, 15) is 4.79 Å². The number of rotatable bonds is 5. The molecule has 0 bridgehead atoms. The number of halogens is 1. The lowest BCUT2D eigenvalue weighted by molar-refractivity contribution is 0.0904. The molecule has 1 fully saturated rings. The van der Waals surface area contributed by atoms with Crippen LogP contribution < -0.4 is 5.32 Å². The highest BCUT2D eigenvalue weighted by atomic mass is 79.9. The standard InChI is InChI=1S/C20H25BrN2O2/c1-15-6-8-16(9-7-15)17(23-12-4-2-3-5-13-23)14-22-20(24)18-10-11-19(21)25-18/h6-11,17H,2-5,12-14H2,1H3,(H,22,24)/t17-/m1/s1. The van der Waals surface area contributed by atoms with Crippen molar-refractivity contribution in [3.05, 3.63) is 58.0 Å². The molecule has 1 aliphatic heterocycles. The Kier molecular flexibility index (Phi) is 6.32. The van der Waals surface area contributed by atoms with Crippen LogP contribution in [-0.2, 0) is 0 Å². The van der Waals surface area contributed by atoms with Gasteiger partial charge < -0.3 is 9.73 Å². The van der Waals surface area contributed by atoms with E-state index in [4.69, 9.17) is 4.42 Å². The number of likely N-dealkylation sites (tertiary alicyclic amines) is 1. The summed E-state index contributed by atoms with van der Waals surface area (Å²) < 4.78 is 5.93. The maximum absolute atomic E-state index is 12.4. The highest BCUT2D eigenvalue weighted by Crippen LogP contribution is 2.24. The molecule has 4 nitrogen and oxygen atoms in total. The molecule has 0 saturated carbocycles. The number of hydrogen-bond donors (Lipinski definition) is 1. The first-order chi connectivity index (χ1) is 12.1. The molecule has 2 aromatic rings. The molecule has 1 amide bonds. The molecule has 0 unspecified atom stereocenters. The Balaban J connectivity index is 1.73. The van der Waals surface area contributed by atoms with Gasteiger partial charge in [-0.2, -0.15) is 0 Å². The summed E-state index contributed by atoms with van der Waals surface area (Å²) in [5, 5.41) is 3.05. The molecule has 134 valence electrons. The molecule has 1 N–H and O–H groups in total. The smallest absolute Gasteiger partial charge is 0.287 e. The number of benzene rings is 1. The fourth-order valence-electron chi connectivity index (χ4n) is 3.37. The van der Waals surface area contributed by atoms with Crippen molar-refractivity contribution in [2.45, 2.75) is 38.6 Å². The molecule has 1 aromatic heterocycles. The van der Waals surface area contributed by atoms with Gasteiger partial charge in [-0.3, -0.25) is 9.69 Å². The Labute approximate surface area is 157 Å². The molecule has 0 radical (unpaired) electrons. The lowest BCUT2D eigenvalue weighted by Gasteiger charge is -2.31. The van der Waals surface area contributed by atoms with E-state index >= 15 is 0 Å². The molecule has 3 rings (SSSR count). The zero-order valence-corrected chi connectivity index (χ0v) is 16.2. The third-order valence-corrected chi connectivity index (χ3v) is 5.22. The van der Waals surface area contributed by atoms with Gasteiger partial charge in [0.15, 0.2) is 10.4 Å². The van der Waals surface area contributed by atoms with Crippen molar-refractivity contribution >= 4 is 21.8 Å². The maximum atomic E-state index is 12.4. The quantitative estimate of drug-likeness (QED) is 0.785. The van der Waals surface area contributed by atoms with E-state index in [1.54, 1.807) is 12.1 Å². The highest BCUT2D eigenvalue weighted by molar-refractivity contribution is 9.10. The number of amides is 1. The van der Waals surface area contributed by atoms with Crippen LogP contribution in [0.25, 0.3) is 0 Å². The molecule has 1 saturated heterocycles. The summed E-state index contributed by atoms with van der Waals surface area (Å²) in [5.74, 6) is 0.169. The van der Waals surface area contributed by atoms with Crippen LogP contribution in [0.5, 0.6) is 0 Å². The number of nitrogens with one attached hydrogen (secondary N) is 1. The van der Waals surface area contributed by atoms with E-state index in [0.29, 0.717) is 17.0 Å². The fraction of sp³-hybridized carbons (Fsp3) is 0.450. The topological polar surface area (TPSA) is 45.5 Å². The summed E-state index contributed by atoms with van der Waals surface area (Å²) in [6.07, 6.45) is 5.04. The van der Waals surface area contributed by atoms with Crippen LogP contribution in [0.1, 0.15) is 53.4 Å². The highest BCUT2D eigenvalue weighted by Gasteiger charge is 2.23. The summed E-state index contributed by atoms with van der Waals surface area (Å²) in [6, 6.07) is 12.3. The largest absolute Gasteiger partial charge is 0.444 e. The molecule has 0 aliphatic carbocycles. The van der Waals surface area contributed by atoms with E-state index in [1.807, 2.05) is 0 Å². The van der Waals surface area contributed by atoms with E-state index in [0.717, 1.165) is 13.1 Å². The van der Waals surface area contributed by atoms with Crippen molar-refractivity contribution < 1.29 is 9.21 Å². The second-order valence-corrected chi connectivity index (χ2v) is 7.47. The van der Waals surface area contributed by atoms with Crippen molar-refractivity contribution in [3.8, 4) is 0 Å². The van der Waals surface area contributed by atoms with Crippen LogP contribution in [0.4, 0.5) is 0 Å². The van der Waals surface area contributed by atoms with Gasteiger partial charge in [-0.15, -0.1) is 0 Å². The fourth-order valence-corrected chi connectivity index (χ4v) is 3.67. The normalized spacial score (nSPS) is 17.0. The molecule has 0 spiro atoms. The predicted molar refractivity (Wildman–Crippen MR) is 103 cm³/mol. The minimum Gasteiger partial charge on any atom is -0.444 e. The van der Waals surface area contributed by atoms with Gasteiger partial charge in [-0.1, -0.05) is 42.7 Å². The number of aryl methyl sites for hydroxylation is 1. The van der Waals surface area contributed by atoms with Crippen molar-refractivity contribution in [3.63, 3.8) is 0 Å². The first-order valence-corrected chi connectivity index (χ1v) is 9.77. The predicted octanol–water partition coefficient (Wildman–Crippen LogP) is 4.70. The average Bonchev–Trinajstić information content (AvgIpc) is 2.88. The van der Waals surface area contributed by atoms with Gasteiger partial charge >= 0.3 is 0 Å². The summed E-state index contributed by atoms with van der Waals surface area (Å²) in [5.41, 5.74) is 2.51. The summed E-state index contributed by atoms with van der Waals surface area (Å²) in [6.45, 7) is 4.85. The zero-order chi connectivity index (χ0) is 17.6. The number of carbonyl (C=O) groups excluding carboxylic acids is 1. The Bertz CT molecular complexity index is 688. The van der Waals surface area contributed by atoms with Crippen LogP contribution in [0.2, 0.25) is 0 Å². The van der Waals surface area contributed by atoms with Gasteiger partial charge in [0.25, 0.3) is 5.91 Å². The lowest BCUT2D eigenvalue weighted by atomic mass is 10.0. The lowest BCUT2D eigenvalue weighted by Crippen LogP contribution is -2.38. The third kappa shape index (κ3) is 4.95. The van der Waals surface area contributed by atoms with E-state index in [2.05, 4.69) is 57.3 Å². The van der Waals surface area contributed by atoms with Gasteiger partial charge in [0.1, 0.15) is 0 Å². The number of hydrogen-bond acceptors (Lipinski definition) is 3. The van der Waals surface area contributed by atoms with Crippen molar-refractivity contribution in [2.75, 3.05) is 19.6 Å². The summed E-state index contributed by atoms with van der Waals surface area (Å²) in [4.78, 5) is 14.9. The molecule has 1 aromatic carbocycles. The first-order valence-electron chi connectivity index (χ1n) is 8.97. The van der Waals surface area contributed by atoms with Crippen LogP contribution in [0.15, 0.2) is 45.5 Å². The molecule has 1 aliphatic rings. The van der Waals surface area contributed by atoms with Crippen molar-refractivity contribution in [2.24, 2.45) is 0 Å². The Morgan fingerprint density at radius 3 is 2.40 bits per heavy atom. The van der Waals surface area contributed by atoms with Crippen LogP contribution in [-0.4, -0.2) is 30.4 Å². The van der Waals surface area contributed by atoms with Crippen molar-refractivity contribution in [1.29, 1.82) is 0 Å². The second kappa shape index (κ2) is 8.68. The monoisotopic (exact) mass is 404 g/mol. The van der Waals surface area contributed by atoms with Gasteiger partial charge in [-0.25, -0.2) is 0 Å². The van der Waals surface area contributed by atoms with E-state index in [-0.39, 0.29) is 11.9 Å². The van der Waals surface area contributed by atoms with Crippen LogP contribution in [0.3, 0.4) is 0 Å². The summed E-state index contributed by atoms with van der Waals surface area (Å²) >= 11 is 3.24. The number of carbonyl (C=O) groups is 1. The maximum Gasteiger partial charge on any atom is 0.287 e. The Hall–Kier alpha value is -1.59. The Morgan fingerprint density at radius 2 is 1.80 bits per heavy atom. The third-order valence-electron chi connectivity index (χ3n) is 4.80. The van der Waals surface area contributed by atoms with E-state index < -0.39 is 0 Å². The molecule has 5 heteroatoms. The van der Waals surface area contributed by atoms with Crippen molar-refractivity contribution in [1.82, 2.24) is 10.2 Å². The second-order valence-electron chi connectivity index (χ2n) is 6.69. The van der Waals surface area contributed by atoms with Crippen LogP contribution >= 0.6 is 15.9 Å². The molecular weight excluding hydrogens is 380 g/mol. The Morgan fingerprint density at radius 1 is 1.12 bits per heavy atom. The zero-order valence-electron chi connectivity index (χ0n) is 14.6. The van der Waals surface area contributed by atoms with Crippen LogP contribution in [0, 0.1) is 6.92 Å². The molecule has 2 heterocycles. The van der Waals surface area contributed by atoms with Gasteiger partial charge in [0, 0.05) is 6.54 Å². The van der Waals surface area contributed by atoms with E-state index in [1.165, 1.54) is 36.8 Å². The van der Waals surface area contributed by atoms with Gasteiger partial charge in [0.2, 0.25) is 0 Å². The van der Waals surface area contributed by atoms with Gasteiger partial charge in [-0.05, 0) is 66.5 Å². The first kappa shape index (κ1) is 18.2. The molecular formula is C20H25BrN2O2. The molecule has 25 heavy (non-hydrogen) atoms. The van der Waals surface area contributed by atoms with Gasteiger partial charge in [0.05, 0.1) is 6.04 Å². The summed E-state index contributed by atoms with van der Waals surface area (Å²) in [7, 11) is 0. The average molecular weight is 405 g/mol.